The molecule has 3 N–H and O–H groups in total. The molecule has 0 saturated carbocycles. The van der Waals surface area contributed by atoms with Gasteiger partial charge < -0.3 is 83.7 Å². The van der Waals surface area contributed by atoms with Crippen molar-refractivity contribution in [3.05, 3.63) is 292 Å². The van der Waals surface area contributed by atoms with E-state index in [0.717, 1.165) is 45.0 Å². The number of amides is 3. The Morgan fingerprint density at radius 3 is 0.800 bits per heavy atom. The first-order valence-corrected chi connectivity index (χ1v) is 37.5. The van der Waals surface area contributed by atoms with Crippen LogP contribution in [0.2, 0.25) is 0 Å². The summed E-state index contributed by atoms with van der Waals surface area (Å²) in [6.07, 6.45) is 9.87. The number of nitrogens with zero attached hydrogens (tertiary/aromatic N) is 6. The second-order valence-electron chi connectivity index (χ2n) is 25.9. The topological polar surface area (TPSA) is 324 Å². The van der Waals surface area contributed by atoms with Crippen LogP contribution in [0.1, 0.15) is 80.6 Å². The summed E-state index contributed by atoms with van der Waals surface area (Å²) in [5.41, 5.74) is 7.10. The number of pyridine rings is 6. The van der Waals surface area contributed by atoms with Crippen molar-refractivity contribution in [2.24, 2.45) is 10.8 Å². The Labute approximate surface area is 724 Å². The van der Waals surface area contributed by atoms with E-state index in [9.17, 15) is 38.4 Å². The van der Waals surface area contributed by atoms with Crippen molar-refractivity contribution in [3.8, 4) is 102 Å². The molecule has 0 spiro atoms. The maximum Gasteiger partial charge on any atom is 3.00 e. The minimum Gasteiger partial charge on any atom is -0.463 e. The van der Waals surface area contributed by atoms with Crippen LogP contribution in [-0.4, -0.2) is 111 Å². The van der Waals surface area contributed by atoms with Crippen LogP contribution in [0.3, 0.4) is 0 Å². The fourth-order valence-corrected chi connectivity index (χ4v) is 10.5. The maximum absolute atomic E-state index is 13.1. The van der Waals surface area contributed by atoms with Crippen LogP contribution in [0.5, 0.6) is 34.5 Å². The second kappa shape index (κ2) is 51.0. The number of aromatic nitrogens is 6. The Bertz CT molecular complexity index is 4820. The summed E-state index contributed by atoms with van der Waals surface area (Å²) in [7, 11) is 1.51. The first-order chi connectivity index (χ1) is 57.2. The predicted octanol–water partition coefficient (Wildman–Crippen LogP) is 17.1. The van der Waals surface area contributed by atoms with Crippen molar-refractivity contribution in [1.82, 2.24) is 45.9 Å². The molecule has 1 atom stereocenters. The fourth-order valence-electron chi connectivity index (χ4n) is 10.5. The molecule has 0 bridgehead atoms. The Hall–Kier alpha value is -13.3. The van der Waals surface area contributed by atoms with Crippen molar-refractivity contribution in [1.29, 1.82) is 0 Å². The zero-order chi connectivity index (χ0) is 84.3. The molecule has 0 aliphatic carbocycles. The van der Waals surface area contributed by atoms with E-state index in [-0.39, 0.29) is 90.8 Å². The number of nitrogens with one attached hydrogen (secondary N) is 3. The van der Waals surface area contributed by atoms with Crippen molar-refractivity contribution in [2.75, 3.05) is 33.4 Å². The molecule has 618 valence electrons. The van der Waals surface area contributed by atoms with Gasteiger partial charge in [-0.15, -0.1) is 179 Å². The van der Waals surface area contributed by atoms with Crippen molar-refractivity contribution in [3.63, 3.8) is 0 Å². The molecule has 3 amide bonds. The third kappa shape index (κ3) is 32.6. The molecule has 12 aromatic rings. The molecule has 6 aromatic carbocycles. The summed E-state index contributed by atoms with van der Waals surface area (Å²) in [6, 6.07) is 82.2. The van der Waals surface area contributed by atoms with E-state index in [4.69, 9.17) is 37.9 Å². The molecule has 6 heterocycles. The van der Waals surface area contributed by atoms with Gasteiger partial charge in [-0.2, -0.15) is 0 Å². The van der Waals surface area contributed by atoms with Crippen LogP contribution >= 0.6 is 0 Å². The molecule has 0 aliphatic rings. The number of carbonyl (C=O) groups excluding carboxylic acids is 8. The molecule has 120 heavy (non-hydrogen) atoms. The summed E-state index contributed by atoms with van der Waals surface area (Å²) in [5.74, 6) is 0.866. The van der Waals surface area contributed by atoms with Crippen LogP contribution in [0.15, 0.2) is 256 Å². The third-order valence-corrected chi connectivity index (χ3v) is 16.5. The van der Waals surface area contributed by atoms with Gasteiger partial charge in [0.25, 0.3) is 0 Å². The third-order valence-electron chi connectivity index (χ3n) is 16.5. The molecule has 1 unspecified atom stereocenters. The molecule has 0 fully saturated rings. The van der Waals surface area contributed by atoms with Crippen LogP contribution in [0.25, 0.3) is 67.5 Å². The molecule has 12 rings (SSSR count). The van der Waals surface area contributed by atoms with Gasteiger partial charge >= 0.3 is 88.3 Å². The Morgan fingerprint density at radius 2 is 0.575 bits per heavy atom. The fraction of sp³-hybridized carbons (Fsp3) is 0.204. The van der Waals surface area contributed by atoms with Crippen LogP contribution in [0, 0.1) is 47.2 Å². The van der Waals surface area contributed by atoms with Crippen molar-refractivity contribution in [2.45, 2.75) is 80.6 Å². The van der Waals surface area contributed by atoms with Gasteiger partial charge in [-0.05, 0) is 104 Å². The van der Waals surface area contributed by atoms with Crippen molar-refractivity contribution >= 4 is 48.1 Å². The van der Waals surface area contributed by atoms with Crippen LogP contribution in [0.4, 0.5) is 14.4 Å². The molecule has 27 heteroatoms. The molecule has 0 aliphatic heterocycles. The van der Waals surface area contributed by atoms with Gasteiger partial charge in [0.1, 0.15) is 13.2 Å². The summed E-state index contributed by atoms with van der Waals surface area (Å²) >= 11 is 0. The number of rotatable bonds is 26. The van der Waals surface area contributed by atoms with E-state index in [1.165, 1.54) is 7.05 Å². The van der Waals surface area contributed by atoms with E-state index < -0.39 is 41.0 Å². The molecular formula is C93H87Ir2N9O16. The van der Waals surface area contributed by atoms with Gasteiger partial charge in [-0.3, -0.25) is 24.0 Å². The van der Waals surface area contributed by atoms with E-state index in [1.54, 1.807) is 200 Å². The van der Waals surface area contributed by atoms with E-state index in [1.807, 2.05) is 104 Å². The summed E-state index contributed by atoms with van der Waals surface area (Å²) < 4.78 is 42.0. The quantitative estimate of drug-likeness (QED) is 0.0196. The van der Waals surface area contributed by atoms with Crippen LogP contribution in [-0.2, 0) is 73.7 Å². The van der Waals surface area contributed by atoms with E-state index >= 15 is 0 Å². The monoisotopic (exact) mass is 1970 g/mol. The number of ether oxygens (including phenoxy) is 8. The molecular weight excluding hydrogens is 1880 g/mol. The molecule has 25 nitrogen and oxygen atoms in total. The largest absolute Gasteiger partial charge is 3.00 e. The van der Waals surface area contributed by atoms with E-state index in [0.29, 0.717) is 82.7 Å². The Morgan fingerprint density at radius 1 is 0.333 bits per heavy atom. The second-order valence-corrected chi connectivity index (χ2v) is 25.9. The van der Waals surface area contributed by atoms with Gasteiger partial charge in [0.2, 0.25) is 0 Å². The minimum absolute atomic E-state index is 0. The standard InChI is InChI=1S/C38H40N4O8.3C14H12NO2.C13H11N2O2.2Ir/c1-5-38(4,34(44)48-23-21-42-36(46)50-30-15-11-13-28(25-30)32-17-7-9-19-40-32)26-37(2,3)33(43)47-22-20-41-35(45)49-29-14-10-12-27(24-29)31-16-6-8-18-39-31;3*1-2-14(16)17-12-7-5-6-11(10-12)13-8-3-4-9-15-13;1-14-13(16)17-11-6-4-5-10(9-11)12-7-2-3-8-15-12;;/h6-11,14-19,24-25H,5,20-23,26H2,1-4H3,(H,41,45)(H,42,46);3*3-5,7-10H,2H2,1H3;2-4,6-9H,1H3,(H,14,16);;/q-2;4*-1;2*+3. The number of hydrogen-bond acceptors (Lipinski definition) is 22. The SMILES string of the molecule is CCC(=O)Oc1cc[c-]c(-c2ccccn2)c1.CCC(=O)Oc1cc[c-]c(-c2ccccn2)c1.CCC(=O)Oc1cc[c-]c(-c2ccccn2)c1.CCC(C)(CC(C)(C)C(=O)OCCNC(=O)Oc1cc[c-]c(-c2ccccn2)c1)C(=O)OCCNC(=O)Oc1cc[c-]c(-c2ccccn2)c1.CNC(=O)Oc1cc[c-]c(-c2ccccn2)c1.[Ir+3].[Ir+3]. The maximum atomic E-state index is 13.1. The first-order valence-electron chi connectivity index (χ1n) is 37.5. The zero-order valence-corrected chi connectivity index (χ0v) is 71.8. The minimum atomic E-state index is -1.05. The number of benzene rings is 6. The van der Waals surface area contributed by atoms with Gasteiger partial charge in [0.05, 0.1) is 58.4 Å². The van der Waals surface area contributed by atoms with Gasteiger partial charge in [0.15, 0.2) is 0 Å². The number of hydrogen-bond donors (Lipinski definition) is 3. The van der Waals surface area contributed by atoms with E-state index in [2.05, 4.69) is 82.3 Å². The number of carbonyl (C=O) groups is 8. The normalized spacial score (nSPS) is 10.7. The smallest absolute Gasteiger partial charge is 0.463 e. The first kappa shape index (κ1) is 95.5. The summed E-state index contributed by atoms with van der Waals surface area (Å²) in [6.45, 7) is 12.0. The van der Waals surface area contributed by atoms with Gasteiger partial charge in [0, 0.05) is 63.5 Å². The Kier molecular flexibility index (Phi) is 40.6. The summed E-state index contributed by atoms with van der Waals surface area (Å²) in [5, 5.41) is 7.50. The van der Waals surface area contributed by atoms with Gasteiger partial charge in [-0.1, -0.05) is 100 Å². The zero-order valence-electron chi connectivity index (χ0n) is 67.0. The van der Waals surface area contributed by atoms with Crippen LogP contribution < -0.4 is 44.4 Å². The van der Waals surface area contributed by atoms with Gasteiger partial charge in [-0.25, -0.2) is 14.4 Å². The summed E-state index contributed by atoms with van der Waals surface area (Å²) in [4.78, 5) is 121. The Balaban J connectivity index is 0.000000260. The molecule has 0 radical (unpaired) electrons. The molecule has 6 aromatic heterocycles. The number of esters is 5. The average molecular weight is 1970 g/mol. The predicted molar refractivity (Wildman–Crippen MR) is 441 cm³/mol. The average Bonchev–Trinajstić information content (AvgIpc) is 0.808. The van der Waals surface area contributed by atoms with Crippen molar-refractivity contribution < 1.29 is 116 Å². The molecule has 0 saturated heterocycles.